The van der Waals surface area contributed by atoms with Crippen LogP contribution in [0.1, 0.15) is 19.4 Å². The number of thioether (sulfide) groups is 1. The van der Waals surface area contributed by atoms with Gasteiger partial charge in [-0.05, 0) is 35.8 Å². The zero-order chi connectivity index (χ0) is 25.2. The summed E-state index contributed by atoms with van der Waals surface area (Å²) in [7, 11) is -1.64. The van der Waals surface area contributed by atoms with Crippen molar-refractivity contribution < 1.29 is 27.4 Å². The molecule has 0 bridgehead atoms. The topological polar surface area (TPSA) is 94.5 Å². The number of hydrogen-bond acceptors (Lipinski definition) is 7. The number of amides is 1. The van der Waals surface area contributed by atoms with Crippen LogP contribution in [-0.4, -0.2) is 62.6 Å². The number of para-hydroxylation sites is 1. The van der Waals surface area contributed by atoms with E-state index in [1.54, 1.807) is 19.2 Å². The number of benzene rings is 2. The number of methoxy groups -OCH3 is 1. The molecule has 11 heteroatoms. The molecule has 2 saturated heterocycles. The van der Waals surface area contributed by atoms with Crippen molar-refractivity contribution in [3.8, 4) is 17.2 Å². The summed E-state index contributed by atoms with van der Waals surface area (Å²) in [6.45, 7) is 4.68. The second kappa shape index (κ2) is 10.8. The van der Waals surface area contributed by atoms with Crippen LogP contribution in [0.2, 0.25) is 0 Å². The van der Waals surface area contributed by atoms with Gasteiger partial charge in [-0.25, -0.2) is 8.42 Å². The zero-order valence-electron chi connectivity index (χ0n) is 19.7. The molecule has 0 unspecified atom stereocenters. The van der Waals surface area contributed by atoms with Crippen LogP contribution in [0, 0.1) is 0 Å². The van der Waals surface area contributed by atoms with Crippen LogP contribution in [0.15, 0.2) is 45.9 Å². The molecule has 0 saturated carbocycles. The van der Waals surface area contributed by atoms with E-state index >= 15 is 0 Å². The average Bonchev–Trinajstić information content (AvgIpc) is 3.27. The molecule has 2 aromatic rings. The van der Waals surface area contributed by atoms with Gasteiger partial charge in [-0.2, -0.15) is 4.99 Å². The number of anilines is 1. The van der Waals surface area contributed by atoms with E-state index in [2.05, 4.69) is 20.9 Å². The number of hydrogen-bond donors (Lipinski definition) is 0. The summed E-state index contributed by atoms with van der Waals surface area (Å²) in [6.07, 6.45) is 0.0736. The summed E-state index contributed by atoms with van der Waals surface area (Å²) in [5.74, 6) is 1.45. The van der Waals surface area contributed by atoms with Gasteiger partial charge in [0.05, 0.1) is 50.0 Å². The predicted molar refractivity (Wildman–Crippen MR) is 142 cm³/mol. The van der Waals surface area contributed by atoms with E-state index in [4.69, 9.17) is 14.2 Å². The van der Waals surface area contributed by atoms with Crippen LogP contribution in [-0.2, 0) is 21.1 Å². The van der Waals surface area contributed by atoms with Gasteiger partial charge in [0.15, 0.2) is 26.5 Å². The lowest BCUT2D eigenvalue weighted by molar-refractivity contribution is -0.117. The van der Waals surface area contributed by atoms with Crippen LogP contribution in [0.4, 0.5) is 5.69 Å². The van der Waals surface area contributed by atoms with Crippen molar-refractivity contribution in [2.45, 2.75) is 31.6 Å². The maximum Gasteiger partial charge on any atom is 0.252 e. The number of nitrogens with zero attached hydrogens (tertiary/aromatic N) is 2. The van der Waals surface area contributed by atoms with Crippen LogP contribution in [0.25, 0.3) is 0 Å². The first kappa shape index (κ1) is 25.8. The number of carbonyl (C=O) groups excluding carboxylic acids is 1. The highest BCUT2D eigenvalue weighted by Gasteiger charge is 2.50. The highest BCUT2D eigenvalue weighted by Crippen LogP contribution is 2.46. The van der Waals surface area contributed by atoms with Gasteiger partial charge >= 0.3 is 0 Å². The average molecular weight is 584 g/mol. The number of amidine groups is 1. The third-order valence-electron chi connectivity index (χ3n) is 5.69. The minimum atomic E-state index is -3.20. The van der Waals surface area contributed by atoms with Crippen molar-refractivity contribution in [2.24, 2.45) is 4.99 Å². The van der Waals surface area contributed by atoms with E-state index < -0.39 is 9.84 Å². The van der Waals surface area contributed by atoms with Gasteiger partial charge in [-0.1, -0.05) is 30.0 Å². The fourth-order valence-corrected chi connectivity index (χ4v) is 8.69. The number of ether oxygens (including phenoxy) is 3. The monoisotopic (exact) mass is 582 g/mol. The molecule has 8 nitrogen and oxygen atoms in total. The first-order valence-electron chi connectivity index (χ1n) is 11.2. The van der Waals surface area contributed by atoms with Gasteiger partial charge in [0.2, 0.25) is 0 Å². The minimum absolute atomic E-state index is 0.00595. The molecule has 0 spiro atoms. The summed E-state index contributed by atoms with van der Waals surface area (Å²) in [5.41, 5.74) is 1.42. The minimum Gasteiger partial charge on any atom is -0.496 e. The van der Waals surface area contributed by atoms with Gasteiger partial charge in [0.25, 0.3) is 5.91 Å². The Morgan fingerprint density at radius 2 is 1.80 bits per heavy atom. The smallest absolute Gasteiger partial charge is 0.252 e. The van der Waals surface area contributed by atoms with Gasteiger partial charge in [-0.15, -0.1) is 0 Å². The van der Waals surface area contributed by atoms with Crippen molar-refractivity contribution in [1.82, 2.24) is 0 Å². The van der Waals surface area contributed by atoms with Crippen molar-refractivity contribution in [3.63, 3.8) is 0 Å². The SMILES string of the molecule is CCOc1cc(Br)c(N2C(=NC(=O)Cc3ccccc3OC)S[C@H]3CS(=O)(=O)C[C@@H]32)cc1OCC. The molecule has 2 atom stereocenters. The highest BCUT2D eigenvalue weighted by atomic mass is 79.9. The molecule has 188 valence electrons. The van der Waals surface area contributed by atoms with Gasteiger partial charge in [0.1, 0.15) is 5.75 Å². The third kappa shape index (κ3) is 5.62. The summed E-state index contributed by atoms with van der Waals surface area (Å²) >= 11 is 4.94. The summed E-state index contributed by atoms with van der Waals surface area (Å²) in [5, 5.41) is 0.258. The zero-order valence-corrected chi connectivity index (χ0v) is 22.9. The molecular weight excluding hydrogens is 556 g/mol. The molecule has 0 N–H and O–H groups in total. The normalized spacial score (nSPS) is 21.7. The number of rotatable bonds is 8. The molecular formula is C24H27BrN2O6S2. The fourth-order valence-electron chi connectivity index (χ4n) is 4.25. The van der Waals surface area contributed by atoms with E-state index in [1.165, 1.54) is 11.8 Å². The first-order chi connectivity index (χ1) is 16.8. The molecule has 2 aliphatic heterocycles. The third-order valence-corrected chi connectivity index (χ3v) is 9.54. The molecule has 0 aliphatic carbocycles. The van der Waals surface area contributed by atoms with Crippen LogP contribution in [0.5, 0.6) is 17.2 Å². The molecule has 2 fully saturated rings. The Morgan fingerprint density at radius 1 is 1.11 bits per heavy atom. The fraction of sp³-hybridized carbons (Fsp3) is 0.417. The lowest BCUT2D eigenvalue weighted by Gasteiger charge is -2.27. The standard InChI is InChI=1S/C24H27BrN2O6S2/c1-4-32-20-11-16(25)17(12-21(20)33-5-2)27-18-13-35(29,30)14-22(18)34-24(27)26-23(28)10-15-8-6-7-9-19(15)31-3/h6-9,11-12,18,22H,4-5,10,13-14H2,1-3H3/t18-,22-/m0/s1. The molecule has 2 aromatic carbocycles. The summed E-state index contributed by atoms with van der Waals surface area (Å²) in [6, 6.07) is 10.6. The quantitative estimate of drug-likeness (QED) is 0.459. The van der Waals surface area contributed by atoms with Crippen LogP contribution < -0.4 is 19.1 Å². The summed E-state index contributed by atoms with van der Waals surface area (Å²) < 4.78 is 42.4. The van der Waals surface area contributed by atoms with Gasteiger partial charge in [0, 0.05) is 27.4 Å². The van der Waals surface area contributed by atoms with E-state index in [1.807, 2.05) is 43.0 Å². The molecule has 1 amide bonds. The Hall–Kier alpha value is -2.24. The Balaban J connectivity index is 1.73. The number of fused-ring (bicyclic) bond motifs is 1. The van der Waals surface area contributed by atoms with E-state index in [0.29, 0.717) is 45.8 Å². The molecule has 0 radical (unpaired) electrons. The molecule has 0 aromatic heterocycles. The molecule has 4 rings (SSSR count). The van der Waals surface area contributed by atoms with E-state index in [9.17, 15) is 13.2 Å². The lowest BCUT2D eigenvalue weighted by Crippen LogP contribution is -2.38. The number of carbonyl (C=O) groups is 1. The maximum atomic E-state index is 13.0. The Kier molecular flexibility index (Phi) is 7.97. The predicted octanol–water partition coefficient (Wildman–Crippen LogP) is 4.10. The first-order valence-corrected chi connectivity index (χ1v) is 14.7. The molecule has 2 aliphatic rings. The highest BCUT2D eigenvalue weighted by molar-refractivity contribution is 9.10. The summed E-state index contributed by atoms with van der Waals surface area (Å²) in [4.78, 5) is 19.3. The van der Waals surface area contributed by atoms with E-state index in [-0.39, 0.29) is 35.1 Å². The van der Waals surface area contributed by atoms with Crippen LogP contribution in [0.3, 0.4) is 0 Å². The van der Waals surface area contributed by atoms with E-state index in [0.717, 1.165) is 5.56 Å². The van der Waals surface area contributed by atoms with Crippen molar-refractivity contribution in [1.29, 1.82) is 0 Å². The number of sulfone groups is 1. The van der Waals surface area contributed by atoms with Crippen molar-refractivity contribution in [3.05, 3.63) is 46.4 Å². The number of aliphatic imine (C=N–C) groups is 1. The largest absolute Gasteiger partial charge is 0.496 e. The second-order valence-corrected chi connectivity index (χ2v) is 12.3. The van der Waals surface area contributed by atoms with Gasteiger partial charge < -0.3 is 19.1 Å². The number of halogens is 1. The Bertz CT molecular complexity index is 1250. The molecule has 35 heavy (non-hydrogen) atoms. The van der Waals surface area contributed by atoms with Gasteiger partial charge in [-0.3, -0.25) is 4.79 Å². The van der Waals surface area contributed by atoms with Crippen LogP contribution >= 0.6 is 27.7 Å². The van der Waals surface area contributed by atoms with Crippen molar-refractivity contribution >= 4 is 54.3 Å². The lowest BCUT2D eigenvalue weighted by atomic mass is 10.1. The second-order valence-electron chi connectivity index (χ2n) is 8.06. The molecule has 2 heterocycles. The Morgan fingerprint density at radius 3 is 2.49 bits per heavy atom. The Labute approximate surface area is 218 Å². The maximum absolute atomic E-state index is 13.0. The van der Waals surface area contributed by atoms with Crippen molar-refractivity contribution in [2.75, 3.05) is 36.7 Å².